The van der Waals surface area contributed by atoms with E-state index in [4.69, 9.17) is 0 Å². The van der Waals surface area contributed by atoms with Crippen molar-refractivity contribution in [2.45, 2.75) is 64.7 Å². The summed E-state index contributed by atoms with van der Waals surface area (Å²) in [6, 6.07) is 6.65. The van der Waals surface area contributed by atoms with Gasteiger partial charge in [-0.2, -0.15) is 0 Å². The van der Waals surface area contributed by atoms with Crippen LogP contribution in [-0.2, 0) is 10.2 Å². The third kappa shape index (κ3) is 3.31. The minimum atomic E-state index is 0.184. The second kappa shape index (κ2) is 6.99. The van der Waals surface area contributed by atoms with Crippen LogP contribution in [0.1, 0.15) is 63.5 Å². The molecular formula is C23H34N2O. The highest BCUT2D eigenvalue weighted by Crippen LogP contribution is 2.47. The zero-order valence-corrected chi connectivity index (χ0v) is 16.8. The molecule has 0 radical (unpaired) electrons. The lowest BCUT2D eigenvalue weighted by molar-refractivity contribution is -0.116. The van der Waals surface area contributed by atoms with Gasteiger partial charge in [0.15, 0.2) is 0 Å². The first-order chi connectivity index (χ1) is 12.5. The van der Waals surface area contributed by atoms with E-state index in [-0.39, 0.29) is 11.3 Å². The normalized spacial score (nSPS) is 28.3. The van der Waals surface area contributed by atoms with Gasteiger partial charge in [-0.25, -0.2) is 0 Å². The molecule has 0 bridgehead atoms. The largest absolute Gasteiger partial charge is 0.311 e. The molecule has 0 N–H and O–H groups in total. The van der Waals surface area contributed by atoms with E-state index in [1.165, 1.54) is 69.3 Å². The first-order valence-electron chi connectivity index (χ1n) is 10.6. The molecule has 2 unspecified atom stereocenters. The van der Waals surface area contributed by atoms with Crippen LogP contribution in [0.3, 0.4) is 0 Å². The minimum absolute atomic E-state index is 0.184. The Morgan fingerprint density at radius 1 is 1.23 bits per heavy atom. The monoisotopic (exact) mass is 354 g/mol. The fraction of sp³-hybridized carbons (Fsp3) is 0.696. The molecular weight excluding hydrogens is 320 g/mol. The van der Waals surface area contributed by atoms with Gasteiger partial charge in [0, 0.05) is 31.1 Å². The van der Waals surface area contributed by atoms with E-state index >= 15 is 0 Å². The van der Waals surface area contributed by atoms with Gasteiger partial charge in [-0.15, -0.1) is 0 Å². The number of piperidine rings is 1. The Bertz CT molecular complexity index is 675. The van der Waals surface area contributed by atoms with Crippen LogP contribution in [0.15, 0.2) is 18.2 Å². The number of benzene rings is 1. The molecule has 3 aliphatic rings. The van der Waals surface area contributed by atoms with Gasteiger partial charge in [-0.1, -0.05) is 37.5 Å². The van der Waals surface area contributed by atoms with Crippen LogP contribution in [0, 0.1) is 18.8 Å². The van der Waals surface area contributed by atoms with Crippen LogP contribution in [0.25, 0.3) is 0 Å². The van der Waals surface area contributed by atoms with Crippen LogP contribution in [-0.4, -0.2) is 37.0 Å². The Kier molecular flexibility index (Phi) is 4.85. The number of hydrogen-bond acceptors (Lipinski definition) is 2. The lowest BCUT2D eigenvalue weighted by Crippen LogP contribution is -2.47. The summed E-state index contributed by atoms with van der Waals surface area (Å²) in [6.45, 7) is 10.8. The average Bonchev–Trinajstić information content (AvgIpc) is 2.91. The van der Waals surface area contributed by atoms with Crippen LogP contribution in [0.4, 0.5) is 5.69 Å². The molecule has 1 spiro atoms. The molecule has 4 rings (SSSR count). The topological polar surface area (TPSA) is 23.6 Å². The van der Waals surface area contributed by atoms with E-state index in [9.17, 15) is 4.79 Å². The van der Waals surface area contributed by atoms with E-state index in [0.717, 1.165) is 24.1 Å². The third-order valence-corrected chi connectivity index (χ3v) is 7.23. The molecule has 142 valence electrons. The van der Waals surface area contributed by atoms with Crippen molar-refractivity contribution in [2.75, 3.05) is 31.1 Å². The van der Waals surface area contributed by atoms with Gasteiger partial charge in [0.1, 0.15) is 0 Å². The Morgan fingerprint density at radius 3 is 2.69 bits per heavy atom. The number of amides is 1. The van der Waals surface area contributed by atoms with Crippen LogP contribution < -0.4 is 4.90 Å². The molecule has 2 heterocycles. The molecule has 3 heteroatoms. The maximum absolute atomic E-state index is 12.2. The highest BCUT2D eigenvalue weighted by Gasteiger charge is 2.45. The number of aryl methyl sites for hydroxylation is 1. The van der Waals surface area contributed by atoms with Crippen molar-refractivity contribution < 1.29 is 4.79 Å². The SMILES string of the molecule is CC(=O)N1CC2(CCN(CC3CCCC(C)C3)CC2)c2cc(C)ccc21. The summed E-state index contributed by atoms with van der Waals surface area (Å²) in [7, 11) is 0. The predicted molar refractivity (Wildman–Crippen MR) is 108 cm³/mol. The molecule has 1 aromatic carbocycles. The lowest BCUT2D eigenvalue weighted by Gasteiger charge is -2.41. The van der Waals surface area contributed by atoms with Crippen molar-refractivity contribution in [2.24, 2.45) is 11.8 Å². The molecule has 0 aromatic heterocycles. The number of fused-ring (bicyclic) bond motifs is 2. The Morgan fingerprint density at radius 2 is 2.00 bits per heavy atom. The van der Waals surface area contributed by atoms with Crippen LogP contribution >= 0.6 is 0 Å². The van der Waals surface area contributed by atoms with Crippen molar-refractivity contribution in [1.82, 2.24) is 4.90 Å². The summed E-state index contributed by atoms with van der Waals surface area (Å²) in [5.74, 6) is 2.00. The summed E-state index contributed by atoms with van der Waals surface area (Å²) in [4.78, 5) is 16.9. The Labute approximate surface area is 158 Å². The molecule has 2 aliphatic heterocycles. The quantitative estimate of drug-likeness (QED) is 0.779. The van der Waals surface area contributed by atoms with Crippen LogP contribution in [0.5, 0.6) is 0 Å². The average molecular weight is 355 g/mol. The Hall–Kier alpha value is -1.35. The number of carbonyl (C=O) groups excluding carboxylic acids is 1. The highest BCUT2D eigenvalue weighted by molar-refractivity contribution is 5.94. The molecule has 1 saturated heterocycles. The first-order valence-corrected chi connectivity index (χ1v) is 10.6. The molecule has 1 aliphatic carbocycles. The van der Waals surface area contributed by atoms with Crippen molar-refractivity contribution in [3.8, 4) is 0 Å². The number of carbonyl (C=O) groups is 1. The van der Waals surface area contributed by atoms with E-state index in [0.29, 0.717) is 0 Å². The lowest BCUT2D eigenvalue weighted by atomic mass is 9.73. The molecule has 3 nitrogen and oxygen atoms in total. The van der Waals surface area contributed by atoms with Crippen molar-refractivity contribution >= 4 is 11.6 Å². The maximum Gasteiger partial charge on any atom is 0.223 e. The third-order valence-electron chi connectivity index (χ3n) is 7.23. The number of hydrogen-bond donors (Lipinski definition) is 0. The fourth-order valence-electron chi connectivity index (χ4n) is 5.75. The van der Waals surface area contributed by atoms with E-state index in [1.807, 2.05) is 4.90 Å². The first kappa shape index (κ1) is 18.0. The molecule has 26 heavy (non-hydrogen) atoms. The zero-order valence-electron chi connectivity index (χ0n) is 16.8. The molecule has 1 aromatic rings. The molecule has 1 saturated carbocycles. The Balaban J connectivity index is 1.47. The highest BCUT2D eigenvalue weighted by atomic mass is 16.2. The van der Waals surface area contributed by atoms with Gasteiger partial charge in [0.05, 0.1) is 0 Å². The smallest absolute Gasteiger partial charge is 0.223 e. The van der Waals surface area contributed by atoms with Gasteiger partial charge in [0.2, 0.25) is 5.91 Å². The summed E-state index contributed by atoms with van der Waals surface area (Å²) >= 11 is 0. The second-order valence-corrected chi connectivity index (χ2v) is 9.34. The van der Waals surface area contributed by atoms with E-state index < -0.39 is 0 Å². The second-order valence-electron chi connectivity index (χ2n) is 9.34. The van der Waals surface area contributed by atoms with Gasteiger partial charge in [-0.05, 0) is 69.2 Å². The summed E-state index contributed by atoms with van der Waals surface area (Å²) in [6.07, 6.45) is 8.07. The van der Waals surface area contributed by atoms with Gasteiger partial charge in [-0.3, -0.25) is 4.79 Å². The molecule has 2 fully saturated rings. The van der Waals surface area contributed by atoms with Gasteiger partial charge in [0.25, 0.3) is 0 Å². The maximum atomic E-state index is 12.2. The number of rotatable bonds is 2. The summed E-state index contributed by atoms with van der Waals surface area (Å²) in [5.41, 5.74) is 4.09. The predicted octanol–water partition coefficient (Wildman–Crippen LogP) is 4.52. The van der Waals surface area contributed by atoms with Crippen molar-refractivity contribution in [1.29, 1.82) is 0 Å². The minimum Gasteiger partial charge on any atom is -0.311 e. The fourth-order valence-corrected chi connectivity index (χ4v) is 5.75. The van der Waals surface area contributed by atoms with Crippen molar-refractivity contribution in [3.05, 3.63) is 29.3 Å². The molecule has 1 amide bonds. The molecule has 2 atom stereocenters. The number of anilines is 1. The van der Waals surface area contributed by atoms with Crippen molar-refractivity contribution in [3.63, 3.8) is 0 Å². The van der Waals surface area contributed by atoms with E-state index in [1.54, 1.807) is 6.92 Å². The standard InChI is InChI=1S/C23H34N2O/c1-17-5-4-6-20(13-17)15-24-11-9-23(10-12-24)16-25(19(3)26)22-8-7-18(2)14-21(22)23/h7-8,14,17,20H,4-6,9-13,15-16H2,1-3H3. The van der Waals surface area contributed by atoms with E-state index in [2.05, 4.69) is 36.9 Å². The van der Waals surface area contributed by atoms with Gasteiger partial charge >= 0.3 is 0 Å². The summed E-state index contributed by atoms with van der Waals surface area (Å²) in [5, 5.41) is 0. The number of likely N-dealkylation sites (tertiary alicyclic amines) is 1. The zero-order chi connectivity index (χ0) is 18.3. The van der Waals surface area contributed by atoms with Gasteiger partial charge < -0.3 is 9.80 Å². The van der Waals surface area contributed by atoms with Crippen LogP contribution in [0.2, 0.25) is 0 Å². The number of nitrogens with zero attached hydrogens (tertiary/aromatic N) is 2. The summed E-state index contributed by atoms with van der Waals surface area (Å²) < 4.78 is 0.